The number of hydrogen-bond donors (Lipinski definition) is 3. The fourth-order valence-corrected chi connectivity index (χ4v) is 3.12. The fourth-order valence-electron chi connectivity index (χ4n) is 1.98. The van der Waals surface area contributed by atoms with Gasteiger partial charge in [0.25, 0.3) is 20.2 Å². The van der Waals surface area contributed by atoms with E-state index in [-0.39, 0.29) is 62.3 Å². The molecule has 0 amide bonds. The van der Waals surface area contributed by atoms with E-state index in [1.54, 1.807) is 0 Å². The lowest BCUT2D eigenvalue weighted by molar-refractivity contribution is -0.121. The van der Waals surface area contributed by atoms with Crippen molar-refractivity contribution in [3.8, 4) is 0 Å². The molecule has 0 aromatic rings. The topological polar surface area (TPSA) is 169 Å². The summed E-state index contributed by atoms with van der Waals surface area (Å²) in [6, 6.07) is -0.808. The van der Waals surface area contributed by atoms with Crippen LogP contribution in [0.15, 0.2) is 0 Å². The van der Waals surface area contributed by atoms with E-state index in [9.17, 15) is 26.4 Å². The Hall–Kier alpha value is -0.880. The molecule has 0 heterocycles. The molecule has 0 aromatic carbocycles. The third kappa shape index (κ3) is 14.7. The van der Waals surface area contributed by atoms with Crippen molar-refractivity contribution in [2.24, 2.45) is 5.73 Å². The third-order valence-electron chi connectivity index (χ3n) is 3.33. The van der Waals surface area contributed by atoms with E-state index in [2.05, 4.69) is 0 Å². The predicted molar refractivity (Wildman–Crippen MR) is 87.8 cm³/mol. The van der Waals surface area contributed by atoms with Gasteiger partial charge in [0.2, 0.25) is 0 Å². The third-order valence-corrected chi connectivity index (χ3v) is 4.94. The van der Waals surface area contributed by atoms with Crippen LogP contribution in [0.4, 0.5) is 0 Å². The zero-order valence-corrected chi connectivity index (χ0v) is 15.0. The van der Waals surface area contributed by atoms with Crippen LogP contribution in [0.2, 0.25) is 0 Å². The summed E-state index contributed by atoms with van der Waals surface area (Å²) in [7, 11) is -8.03. The normalized spacial score (nSPS) is 13.6. The molecule has 0 saturated carbocycles. The Kier molecular flexibility index (Phi) is 10.5. The van der Waals surface area contributed by atoms with Crippen molar-refractivity contribution in [3.63, 3.8) is 0 Å². The Balaban J connectivity index is 3.84. The van der Waals surface area contributed by atoms with Crippen molar-refractivity contribution in [1.82, 2.24) is 0 Å². The average molecular weight is 387 g/mol. The van der Waals surface area contributed by atoms with Crippen LogP contribution in [-0.4, -0.2) is 55.1 Å². The monoisotopic (exact) mass is 387 g/mol. The Morgan fingerprint density at radius 3 is 1.71 bits per heavy atom. The lowest BCUT2D eigenvalue weighted by Gasteiger charge is -2.10. The van der Waals surface area contributed by atoms with Gasteiger partial charge in [-0.25, -0.2) is 0 Å². The fraction of sp³-hybridized carbons (Fsp3) is 0.846. The van der Waals surface area contributed by atoms with Gasteiger partial charge in [0.15, 0.2) is 0 Å². The number of carbonyl (C=O) groups is 2. The number of Topliss-reactive ketones (excluding diaryl/α,β-unsaturated/α-hetero) is 2. The van der Waals surface area contributed by atoms with Crippen molar-refractivity contribution >= 4 is 31.8 Å². The first-order chi connectivity index (χ1) is 10.9. The summed E-state index contributed by atoms with van der Waals surface area (Å²) in [6.45, 7) is 0. The van der Waals surface area contributed by atoms with Gasteiger partial charge in [-0.05, 0) is 32.1 Å². The molecule has 0 radical (unpaired) electrons. The van der Waals surface area contributed by atoms with Crippen LogP contribution < -0.4 is 5.73 Å². The first-order valence-corrected chi connectivity index (χ1v) is 10.8. The zero-order chi connectivity index (χ0) is 18.8. The number of carbonyl (C=O) groups excluding carboxylic acids is 2. The van der Waals surface area contributed by atoms with Crippen LogP contribution in [0.25, 0.3) is 0 Å². The van der Waals surface area contributed by atoms with Crippen LogP contribution >= 0.6 is 0 Å². The number of nitrogens with two attached hydrogens (primary N) is 1. The molecule has 24 heavy (non-hydrogen) atoms. The molecule has 1 atom stereocenters. The number of ketones is 2. The predicted octanol–water partition coefficient (Wildman–Crippen LogP) is 0.348. The van der Waals surface area contributed by atoms with Crippen LogP contribution in [-0.2, 0) is 29.8 Å². The standard InChI is InChI=1S/C13H25NO8S2/c14-12(13(16)6-2-4-10-24(20,21)22)8-7-11(15)5-1-3-9-23(17,18)19/h12H,1-10,14H2,(H,17,18,19)(H,20,21,22)/t12-/m0/s1. The van der Waals surface area contributed by atoms with Gasteiger partial charge < -0.3 is 5.73 Å². The van der Waals surface area contributed by atoms with Crippen molar-refractivity contribution in [3.05, 3.63) is 0 Å². The van der Waals surface area contributed by atoms with Crippen molar-refractivity contribution in [2.45, 2.75) is 57.4 Å². The van der Waals surface area contributed by atoms with E-state index >= 15 is 0 Å². The van der Waals surface area contributed by atoms with E-state index in [0.29, 0.717) is 6.42 Å². The largest absolute Gasteiger partial charge is 0.321 e. The highest BCUT2D eigenvalue weighted by atomic mass is 32.2. The van der Waals surface area contributed by atoms with E-state index in [1.807, 2.05) is 0 Å². The molecule has 0 spiro atoms. The maximum Gasteiger partial charge on any atom is 0.264 e. The maximum absolute atomic E-state index is 11.7. The number of rotatable bonds is 14. The summed E-state index contributed by atoms with van der Waals surface area (Å²) >= 11 is 0. The highest BCUT2D eigenvalue weighted by Gasteiger charge is 2.15. The van der Waals surface area contributed by atoms with Gasteiger partial charge in [0.1, 0.15) is 11.6 Å². The zero-order valence-electron chi connectivity index (χ0n) is 13.4. The molecule has 4 N–H and O–H groups in total. The second-order valence-electron chi connectivity index (χ2n) is 5.64. The first kappa shape index (κ1) is 23.1. The van der Waals surface area contributed by atoms with Gasteiger partial charge in [-0.3, -0.25) is 18.7 Å². The minimum Gasteiger partial charge on any atom is -0.321 e. The molecular formula is C13H25NO8S2. The highest BCUT2D eigenvalue weighted by Crippen LogP contribution is 2.08. The lowest BCUT2D eigenvalue weighted by atomic mass is 10.0. The van der Waals surface area contributed by atoms with Gasteiger partial charge in [-0.2, -0.15) is 16.8 Å². The molecule has 0 aliphatic carbocycles. The molecule has 0 aromatic heterocycles. The van der Waals surface area contributed by atoms with Crippen molar-refractivity contribution in [1.29, 1.82) is 0 Å². The van der Waals surface area contributed by atoms with E-state index in [0.717, 1.165) is 0 Å². The first-order valence-electron chi connectivity index (χ1n) is 7.61. The Morgan fingerprint density at radius 2 is 1.25 bits per heavy atom. The molecule has 0 aliphatic heterocycles. The molecule has 0 aliphatic rings. The SMILES string of the molecule is N[C@@H](CCC(=O)CCCCS(=O)(=O)O)C(=O)CCCCS(=O)(=O)O. The molecule has 0 bridgehead atoms. The molecule has 0 unspecified atom stereocenters. The van der Waals surface area contributed by atoms with Gasteiger partial charge in [-0.1, -0.05) is 0 Å². The van der Waals surface area contributed by atoms with Gasteiger partial charge in [-0.15, -0.1) is 0 Å². The van der Waals surface area contributed by atoms with E-state index in [4.69, 9.17) is 14.8 Å². The molecule has 9 nitrogen and oxygen atoms in total. The maximum atomic E-state index is 11.7. The second kappa shape index (κ2) is 10.9. The van der Waals surface area contributed by atoms with Gasteiger partial charge in [0, 0.05) is 19.3 Å². The van der Waals surface area contributed by atoms with Crippen molar-refractivity contribution in [2.75, 3.05) is 11.5 Å². The molecular weight excluding hydrogens is 362 g/mol. The molecule has 0 rings (SSSR count). The van der Waals surface area contributed by atoms with Crippen LogP contribution in [0.5, 0.6) is 0 Å². The lowest BCUT2D eigenvalue weighted by Crippen LogP contribution is -2.31. The summed E-state index contributed by atoms with van der Waals surface area (Å²) in [6.07, 6.45) is 1.47. The van der Waals surface area contributed by atoms with Gasteiger partial charge >= 0.3 is 0 Å². The minimum absolute atomic E-state index is 0.0826. The Labute approximate surface area is 142 Å². The summed E-state index contributed by atoms with van der Waals surface area (Å²) < 4.78 is 59.1. The smallest absolute Gasteiger partial charge is 0.264 e. The van der Waals surface area contributed by atoms with Crippen LogP contribution in [0, 0.1) is 0 Å². The summed E-state index contributed by atoms with van der Waals surface area (Å²) in [5.74, 6) is -1.20. The number of unbranched alkanes of at least 4 members (excludes halogenated alkanes) is 2. The minimum atomic E-state index is -4.02. The Morgan fingerprint density at radius 1 is 0.792 bits per heavy atom. The highest BCUT2D eigenvalue weighted by molar-refractivity contribution is 7.86. The quantitative estimate of drug-likeness (QED) is 0.281. The average Bonchev–Trinajstić information content (AvgIpc) is 2.43. The van der Waals surface area contributed by atoms with Gasteiger partial charge in [0.05, 0.1) is 17.5 Å². The molecule has 11 heteroatoms. The van der Waals surface area contributed by atoms with E-state index in [1.165, 1.54) is 0 Å². The number of hydrogen-bond acceptors (Lipinski definition) is 7. The molecule has 0 fully saturated rings. The summed E-state index contributed by atoms with van der Waals surface area (Å²) in [5.41, 5.74) is 5.66. The second-order valence-corrected chi connectivity index (χ2v) is 8.78. The Bertz CT molecular complexity index is 612. The van der Waals surface area contributed by atoms with E-state index < -0.39 is 32.0 Å². The van der Waals surface area contributed by atoms with Crippen LogP contribution in [0.1, 0.15) is 51.4 Å². The molecule has 142 valence electrons. The van der Waals surface area contributed by atoms with Crippen molar-refractivity contribution < 1.29 is 35.5 Å². The summed E-state index contributed by atoms with van der Waals surface area (Å²) in [4.78, 5) is 23.3. The van der Waals surface area contributed by atoms with Crippen LogP contribution in [0.3, 0.4) is 0 Å². The molecule has 0 saturated heterocycles. The summed E-state index contributed by atoms with van der Waals surface area (Å²) in [5, 5.41) is 0.